The van der Waals surface area contributed by atoms with Crippen LogP contribution in [0.1, 0.15) is 61.4 Å². The maximum Gasteiger partial charge on any atom is 0.310 e. The monoisotopic (exact) mass is 489 g/mol. The number of hydrogen-bond donors (Lipinski definition) is 3. The molecule has 0 bridgehead atoms. The van der Waals surface area contributed by atoms with Crippen molar-refractivity contribution in [2.75, 3.05) is 44.9 Å². The SMILES string of the molecule is CCCC(CCO)Nc1nc(N)nc(C)c1Cc1ccc(CC(=O)OCCCCN(C)C)cc1F. The summed E-state index contributed by atoms with van der Waals surface area (Å²) in [5.41, 5.74) is 8.33. The van der Waals surface area contributed by atoms with Gasteiger partial charge >= 0.3 is 5.97 Å². The minimum atomic E-state index is -0.399. The van der Waals surface area contributed by atoms with E-state index in [-0.39, 0.29) is 37.4 Å². The molecule has 1 aromatic heterocycles. The van der Waals surface area contributed by atoms with Crippen LogP contribution in [0, 0.1) is 12.7 Å². The van der Waals surface area contributed by atoms with Gasteiger partial charge < -0.3 is 25.8 Å². The molecule has 0 fully saturated rings. The summed E-state index contributed by atoms with van der Waals surface area (Å²) in [5, 5.41) is 12.8. The fourth-order valence-corrected chi connectivity index (χ4v) is 3.90. The summed E-state index contributed by atoms with van der Waals surface area (Å²) < 4.78 is 20.3. The Bertz CT molecular complexity index is 949. The third-order valence-corrected chi connectivity index (χ3v) is 5.78. The topological polar surface area (TPSA) is 114 Å². The molecule has 2 rings (SSSR count). The molecule has 0 saturated carbocycles. The number of nitrogens with two attached hydrogens (primary N) is 1. The zero-order valence-electron chi connectivity index (χ0n) is 21.4. The normalized spacial score (nSPS) is 12.1. The lowest BCUT2D eigenvalue weighted by atomic mass is 10.0. The van der Waals surface area contributed by atoms with Gasteiger partial charge in [-0.15, -0.1) is 0 Å². The second kappa shape index (κ2) is 14.6. The number of aliphatic hydroxyl groups excluding tert-OH is 1. The number of unbranched alkanes of at least 4 members (excludes halogenated alkanes) is 1. The molecule has 1 atom stereocenters. The summed E-state index contributed by atoms with van der Waals surface area (Å²) in [6, 6.07) is 4.84. The van der Waals surface area contributed by atoms with E-state index in [1.54, 1.807) is 12.1 Å². The van der Waals surface area contributed by atoms with E-state index < -0.39 is 5.82 Å². The van der Waals surface area contributed by atoms with Crippen molar-refractivity contribution in [1.82, 2.24) is 14.9 Å². The molecule has 1 unspecified atom stereocenters. The fraction of sp³-hybridized carbons (Fsp3) is 0.577. The third-order valence-electron chi connectivity index (χ3n) is 5.78. The highest BCUT2D eigenvalue weighted by Gasteiger charge is 2.17. The van der Waals surface area contributed by atoms with E-state index in [1.807, 2.05) is 21.0 Å². The number of aliphatic hydroxyl groups is 1. The standard InChI is InChI=1S/C26H40FN5O3/c1-5-8-21(11-13-33)30-25-22(18(2)29-26(28)31-25)17-20-10-9-19(15-23(20)27)16-24(34)35-14-7-6-12-32(3)4/h9-10,15,21,33H,5-8,11-14,16-17H2,1-4H3,(H3,28,29,30,31). The Morgan fingerprint density at radius 2 is 2.03 bits per heavy atom. The number of carbonyl (C=O) groups excluding carboxylic acids is 1. The van der Waals surface area contributed by atoms with Crippen LogP contribution in [0.25, 0.3) is 0 Å². The van der Waals surface area contributed by atoms with E-state index in [2.05, 4.69) is 27.1 Å². The third kappa shape index (κ3) is 9.78. The molecule has 0 aliphatic carbocycles. The van der Waals surface area contributed by atoms with E-state index >= 15 is 0 Å². The van der Waals surface area contributed by atoms with Crippen LogP contribution in [0.15, 0.2) is 18.2 Å². The molecule has 35 heavy (non-hydrogen) atoms. The van der Waals surface area contributed by atoms with Gasteiger partial charge in [0.15, 0.2) is 0 Å². The van der Waals surface area contributed by atoms with Crippen LogP contribution < -0.4 is 11.1 Å². The van der Waals surface area contributed by atoms with E-state index in [0.717, 1.165) is 37.8 Å². The number of hydrogen-bond acceptors (Lipinski definition) is 8. The highest BCUT2D eigenvalue weighted by molar-refractivity contribution is 5.72. The van der Waals surface area contributed by atoms with Crippen molar-refractivity contribution in [2.24, 2.45) is 0 Å². The first-order valence-electron chi connectivity index (χ1n) is 12.3. The van der Waals surface area contributed by atoms with Crippen LogP contribution in [0.5, 0.6) is 0 Å². The van der Waals surface area contributed by atoms with Gasteiger partial charge in [0.2, 0.25) is 5.95 Å². The average molecular weight is 490 g/mol. The predicted octanol–water partition coefficient (Wildman–Crippen LogP) is 3.49. The van der Waals surface area contributed by atoms with Gasteiger partial charge in [-0.1, -0.05) is 25.5 Å². The number of rotatable bonds is 15. The Hall–Kier alpha value is -2.78. The summed E-state index contributed by atoms with van der Waals surface area (Å²) in [4.78, 5) is 22.8. The zero-order chi connectivity index (χ0) is 25.8. The first-order valence-corrected chi connectivity index (χ1v) is 12.3. The molecule has 9 heteroatoms. The van der Waals surface area contributed by atoms with Crippen molar-refractivity contribution >= 4 is 17.7 Å². The first kappa shape index (κ1) is 28.5. The molecular formula is C26H40FN5O3. The second-order valence-electron chi connectivity index (χ2n) is 9.15. The minimum Gasteiger partial charge on any atom is -0.465 e. The van der Waals surface area contributed by atoms with Crippen LogP contribution in [-0.2, 0) is 22.4 Å². The zero-order valence-corrected chi connectivity index (χ0v) is 21.4. The van der Waals surface area contributed by atoms with Crippen LogP contribution in [0.2, 0.25) is 0 Å². The molecule has 0 saturated heterocycles. The fourth-order valence-electron chi connectivity index (χ4n) is 3.90. The molecule has 1 aromatic carbocycles. The maximum atomic E-state index is 15.0. The summed E-state index contributed by atoms with van der Waals surface area (Å²) in [5.74, 6) is -0.0571. The number of benzene rings is 1. The lowest BCUT2D eigenvalue weighted by molar-refractivity contribution is -0.142. The van der Waals surface area contributed by atoms with Gasteiger partial charge in [-0.25, -0.2) is 9.37 Å². The van der Waals surface area contributed by atoms with Crippen molar-refractivity contribution in [2.45, 2.75) is 64.8 Å². The highest BCUT2D eigenvalue weighted by atomic mass is 19.1. The second-order valence-corrected chi connectivity index (χ2v) is 9.15. The van der Waals surface area contributed by atoms with Crippen molar-refractivity contribution in [3.63, 3.8) is 0 Å². The van der Waals surface area contributed by atoms with Gasteiger partial charge in [-0.2, -0.15) is 4.98 Å². The molecule has 4 N–H and O–H groups in total. The number of ether oxygens (including phenoxy) is 1. The molecule has 2 aromatic rings. The summed E-state index contributed by atoms with van der Waals surface area (Å²) in [6.07, 6.45) is 4.43. The van der Waals surface area contributed by atoms with Crippen molar-refractivity contribution in [3.8, 4) is 0 Å². The van der Waals surface area contributed by atoms with E-state index in [1.165, 1.54) is 6.07 Å². The molecule has 0 amide bonds. The number of nitrogens with zero attached hydrogens (tertiary/aromatic N) is 3. The van der Waals surface area contributed by atoms with E-state index in [9.17, 15) is 14.3 Å². The Morgan fingerprint density at radius 1 is 1.26 bits per heavy atom. The van der Waals surface area contributed by atoms with Crippen molar-refractivity contribution in [3.05, 3.63) is 46.4 Å². The largest absolute Gasteiger partial charge is 0.465 e. The quantitative estimate of drug-likeness (QED) is 0.257. The number of nitrogen functional groups attached to an aromatic ring is 1. The minimum absolute atomic E-state index is 0.0265. The first-order chi connectivity index (χ1) is 16.7. The number of esters is 1. The molecule has 0 aliphatic heterocycles. The van der Waals surface area contributed by atoms with Crippen LogP contribution >= 0.6 is 0 Å². The highest BCUT2D eigenvalue weighted by Crippen LogP contribution is 2.25. The molecular weight excluding hydrogens is 449 g/mol. The van der Waals surface area contributed by atoms with Gasteiger partial charge in [0.1, 0.15) is 11.6 Å². The van der Waals surface area contributed by atoms with Gasteiger partial charge in [0.05, 0.1) is 13.0 Å². The number of aryl methyl sites for hydroxylation is 1. The average Bonchev–Trinajstić information content (AvgIpc) is 2.77. The lowest BCUT2D eigenvalue weighted by Gasteiger charge is -2.21. The van der Waals surface area contributed by atoms with Crippen LogP contribution in [0.4, 0.5) is 16.2 Å². The number of anilines is 2. The summed E-state index contributed by atoms with van der Waals surface area (Å²) in [6.45, 7) is 5.27. The number of aromatic nitrogens is 2. The lowest BCUT2D eigenvalue weighted by Crippen LogP contribution is -2.23. The van der Waals surface area contributed by atoms with Gasteiger partial charge in [0.25, 0.3) is 0 Å². The van der Waals surface area contributed by atoms with Gasteiger partial charge in [0, 0.05) is 30.3 Å². The summed E-state index contributed by atoms with van der Waals surface area (Å²) >= 11 is 0. The Balaban J connectivity index is 2.07. The van der Waals surface area contributed by atoms with Crippen molar-refractivity contribution in [1.29, 1.82) is 0 Å². The Labute approximate surface area is 208 Å². The number of halogens is 1. The molecule has 0 spiro atoms. The number of carbonyl (C=O) groups is 1. The van der Waals surface area contributed by atoms with Crippen molar-refractivity contribution < 1.29 is 19.0 Å². The Morgan fingerprint density at radius 3 is 2.69 bits per heavy atom. The van der Waals surface area contributed by atoms with Gasteiger partial charge in [-0.05, 0) is 70.4 Å². The molecule has 1 heterocycles. The molecule has 0 aliphatic rings. The summed E-state index contributed by atoms with van der Waals surface area (Å²) in [7, 11) is 4.01. The van der Waals surface area contributed by atoms with Crippen LogP contribution in [0.3, 0.4) is 0 Å². The molecule has 0 radical (unpaired) electrons. The molecule has 194 valence electrons. The van der Waals surface area contributed by atoms with E-state index in [4.69, 9.17) is 10.5 Å². The maximum absolute atomic E-state index is 15.0. The molecule has 8 nitrogen and oxygen atoms in total. The smallest absolute Gasteiger partial charge is 0.310 e. The van der Waals surface area contributed by atoms with Gasteiger partial charge in [-0.3, -0.25) is 4.79 Å². The predicted molar refractivity (Wildman–Crippen MR) is 137 cm³/mol. The Kier molecular flexibility index (Phi) is 11.9. The van der Waals surface area contributed by atoms with E-state index in [0.29, 0.717) is 35.7 Å². The van der Waals surface area contributed by atoms with Crippen LogP contribution in [-0.4, -0.2) is 65.8 Å². The number of nitrogens with one attached hydrogen (secondary N) is 1.